The first-order valence-electron chi connectivity index (χ1n) is 6.22. The molecule has 0 spiro atoms. The van der Waals surface area contributed by atoms with Gasteiger partial charge >= 0.3 is 6.03 Å². The van der Waals surface area contributed by atoms with Crippen LogP contribution in [0.25, 0.3) is 0 Å². The van der Waals surface area contributed by atoms with Crippen molar-refractivity contribution in [3.05, 3.63) is 30.1 Å². The number of urea groups is 1. The first kappa shape index (κ1) is 18.4. The maximum absolute atomic E-state index is 14.0. The van der Waals surface area contributed by atoms with Crippen molar-refractivity contribution in [2.75, 3.05) is 23.8 Å². The summed E-state index contributed by atoms with van der Waals surface area (Å²) >= 11 is 13.8. The van der Waals surface area contributed by atoms with Gasteiger partial charge in [-0.25, -0.2) is 14.1 Å². The maximum atomic E-state index is 14.0. The molecular formula is C13H12Br4FN3O. The van der Waals surface area contributed by atoms with E-state index in [4.69, 9.17) is 0 Å². The van der Waals surface area contributed by atoms with Gasteiger partial charge in [-0.3, -0.25) is 4.99 Å². The number of nitrogens with zero attached hydrogens (tertiary/aromatic N) is 3. The Morgan fingerprint density at radius 2 is 2.05 bits per heavy atom. The predicted molar refractivity (Wildman–Crippen MR) is 101 cm³/mol. The van der Waals surface area contributed by atoms with Gasteiger partial charge < -0.3 is 4.90 Å². The van der Waals surface area contributed by atoms with Crippen LogP contribution in [0.3, 0.4) is 0 Å². The summed E-state index contributed by atoms with van der Waals surface area (Å²) in [5.74, 6) is 0.0121. The molecule has 1 aromatic carbocycles. The first-order chi connectivity index (χ1) is 10.3. The highest BCUT2D eigenvalue weighted by Crippen LogP contribution is 2.38. The topological polar surface area (TPSA) is 35.9 Å². The van der Waals surface area contributed by atoms with Crippen molar-refractivity contribution in [1.29, 1.82) is 0 Å². The fourth-order valence-corrected chi connectivity index (χ4v) is 3.24. The summed E-state index contributed by atoms with van der Waals surface area (Å²) in [7, 11) is 1.65. The minimum Gasteiger partial charge on any atom is -0.320 e. The lowest BCUT2D eigenvalue weighted by Gasteiger charge is -2.23. The van der Waals surface area contributed by atoms with Crippen molar-refractivity contribution in [3.63, 3.8) is 0 Å². The number of aliphatic imine (C=N–C) groups is 1. The SMILES string of the molecule is CN1C/C(=N/C(Br)C(Br)(Br)CBr)N(c2ccccc2F)C1=O. The van der Waals surface area contributed by atoms with Crippen LogP contribution in [0.4, 0.5) is 14.9 Å². The highest BCUT2D eigenvalue weighted by Gasteiger charge is 2.37. The van der Waals surface area contributed by atoms with E-state index in [0.29, 0.717) is 17.7 Å². The number of hydrogen-bond acceptors (Lipinski definition) is 2. The first-order valence-corrected chi connectivity index (χ1v) is 9.84. The monoisotopic (exact) mass is 561 g/mol. The summed E-state index contributed by atoms with van der Waals surface area (Å²) in [5, 5.41) is 0.580. The van der Waals surface area contributed by atoms with Gasteiger partial charge in [-0.2, -0.15) is 0 Å². The van der Waals surface area contributed by atoms with E-state index < -0.39 is 9.05 Å². The summed E-state index contributed by atoms with van der Waals surface area (Å²) in [5.41, 5.74) is 0.198. The van der Waals surface area contributed by atoms with Crippen molar-refractivity contribution in [1.82, 2.24) is 4.90 Å². The van der Waals surface area contributed by atoms with Gasteiger partial charge in [-0.1, -0.05) is 75.9 Å². The van der Waals surface area contributed by atoms with Gasteiger partial charge in [0.2, 0.25) is 0 Å². The minimum absolute atomic E-state index is 0.198. The van der Waals surface area contributed by atoms with E-state index in [-0.39, 0.29) is 16.7 Å². The molecule has 0 N–H and O–H groups in total. The molecule has 120 valence electrons. The lowest BCUT2D eigenvalue weighted by atomic mass is 10.3. The van der Waals surface area contributed by atoms with Crippen LogP contribution < -0.4 is 4.90 Å². The summed E-state index contributed by atoms with van der Waals surface area (Å²) in [6, 6.07) is 5.84. The molecule has 1 aliphatic heterocycles. The second-order valence-corrected chi connectivity index (χ2v) is 10.0. The third-order valence-corrected chi connectivity index (χ3v) is 9.07. The zero-order valence-corrected chi connectivity index (χ0v) is 17.8. The fraction of sp³-hybridized carbons (Fsp3) is 0.385. The second-order valence-electron chi connectivity index (χ2n) is 4.70. The quantitative estimate of drug-likeness (QED) is 0.386. The molecule has 2 rings (SSSR count). The van der Waals surface area contributed by atoms with Gasteiger partial charge in [0.05, 0.1) is 12.2 Å². The van der Waals surface area contributed by atoms with Gasteiger partial charge in [0.15, 0.2) is 0 Å². The van der Waals surface area contributed by atoms with Crippen LogP contribution in [0, 0.1) is 5.82 Å². The van der Waals surface area contributed by atoms with Crippen LogP contribution in [-0.2, 0) is 0 Å². The molecule has 0 bridgehead atoms. The Morgan fingerprint density at radius 1 is 1.41 bits per heavy atom. The number of rotatable bonds is 4. The maximum Gasteiger partial charge on any atom is 0.330 e. The molecule has 1 heterocycles. The third-order valence-electron chi connectivity index (χ3n) is 3.04. The number of halogens is 5. The lowest BCUT2D eigenvalue weighted by molar-refractivity contribution is 0.229. The molecule has 1 unspecified atom stereocenters. The molecular weight excluding hydrogens is 553 g/mol. The van der Waals surface area contributed by atoms with Gasteiger partial charge in [-0.15, -0.1) is 0 Å². The fourth-order valence-electron chi connectivity index (χ4n) is 1.89. The Bertz CT molecular complexity index is 611. The third kappa shape index (κ3) is 3.73. The summed E-state index contributed by atoms with van der Waals surface area (Å²) in [4.78, 5) is 19.3. The Labute approximate surface area is 161 Å². The van der Waals surface area contributed by atoms with Crippen molar-refractivity contribution < 1.29 is 9.18 Å². The standard InChI is InChI=1S/C13H12Br4FN3O/c1-20-6-10(19-11(15)13(16,17)7-14)21(12(20)22)9-5-3-2-4-8(9)18/h2-5,11H,6-7H2,1H3/b19-10-. The molecule has 2 amide bonds. The Kier molecular flexibility index (Phi) is 6.07. The molecule has 9 heteroatoms. The number of likely N-dealkylation sites (N-methyl/N-ethyl adjacent to an activating group) is 1. The van der Waals surface area contributed by atoms with Crippen LogP contribution in [0.5, 0.6) is 0 Å². The van der Waals surface area contributed by atoms with E-state index in [1.165, 1.54) is 15.9 Å². The molecule has 1 atom stereocenters. The average Bonchev–Trinajstić information content (AvgIpc) is 2.74. The Balaban J connectivity index is 2.42. The summed E-state index contributed by atoms with van der Waals surface area (Å²) in [6.45, 7) is 0.313. The van der Waals surface area contributed by atoms with Crippen LogP contribution in [-0.4, -0.2) is 43.9 Å². The number of carbonyl (C=O) groups is 1. The highest BCUT2D eigenvalue weighted by molar-refractivity contribution is 9.27. The molecule has 0 aromatic heterocycles. The second kappa shape index (κ2) is 7.27. The number of carbonyl (C=O) groups excluding carboxylic acids is 1. The molecule has 1 aliphatic rings. The molecule has 1 aromatic rings. The number of alkyl halides is 4. The molecule has 0 aliphatic carbocycles. The van der Waals surface area contributed by atoms with Gasteiger partial charge in [0.25, 0.3) is 0 Å². The van der Waals surface area contributed by atoms with Crippen LogP contribution in [0.2, 0.25) is 0 Å². The van der Waals surface area contributed by atoms with Gasteiger partial charge in [-0.05, 0) is 12.1 Å². The lowest BCUT2D eigenvalue weighted by Crippen LogP contribution is -2.34. The van der Waals surface area contributed by atoms with E-state index >= 15 is 0 Å². The smallest absolute Gasteiger partial charge is 0.320 e. The van der Waals surface area contributed by atoms with Crippen LogP contribution in [0.1, 0.15) is 0 Å². The Morgan fingerprint density at radius 3 is 2.64 bits per heavy atom. The molecule has 0 saturated carbocycles. The Hall–Kier alpha value is 0.0100. The number of benzene rings is 1. The summed E-state index contributed by atoms with van der Waals surface area (Å²) < 4.78 is 13.5. The zero-order valence-electron chi connectivity index (χ0n) is 11.4. The molecule has 1 fully saturated rings. The highest BCUT2D eigenvalue weighted by atomic mass is 79.9. The normalized spacial score (nSPS) is 19.2. The number of amidine groups is 1. The van der Waals surface area contributed by atoms with Gasteiger partial charge in [0, 0.05) is 12.4 Å². The van der Waals surface area contributed by atoms with Crippen molar-refractivity contribution >= 4 is 81.3 Å². The average molecular weight is 565 g/mol. The zero-order chi connectivity index (χ0) is 16.5. The minimum atomic E-state index is -0.516. The van der Waals surface area contributed by atoms with E-state index in [1.54, 1.807) is 25.2 Å². The number of anilines is 1. The number of amides is 2. The predicted octanol–water partition coefficient (Wildman–Crippen LogP) is 4.70. The number of hydrogen-bond donors (Lipinski definition) is 0. The van der Waals surface area contributed by atoms with Crippen molar-refractivity contribution in [3.8, 4) is 0 Å². The van der Waals surface area contributed by atoms with Crippen molar-refractivity contribution in [2.24, 2.45) is 4.99 Å². The van der Waals surface area contributed by atoms with Crippen LogP contribution in [0.15, 0.2) is 29.3 Å². The molecule has 22 heavy (non-hydrogen) atoms. The molecule has 1 saturated heterocycles. The van der Waals surface area contributed by atoms with Gasteiger partial charge in [0.1, 0.15) is 19.8 Å². The van der Waals surface area contributed by atoms with E-state index in [0.717, 1.165) is 0 Å². The largest absolute Gasteiger partial charge is 0.330 e. The molecule has 4 nitrogen and oxygen atoms in total. The van der Waals surface area contributed by atoms with Crippen LogP contribution >= 0.6 is 63.7 Å². The van der Waals surface area contributed by atoms with E-state index in [9.17, 15) is 9.18 Å². The summed E-state index contributed by atoms with van der Waals surface area (Å²) in [6.07, 6.45) is 0. The molecule has 0 radical (unpaired) electrons. The number of para-hydroxylation sites is 1. The van der Waals surface area contributed by atoms with Crippen molar-refractivity contribution in [2.45, 2.75) is 8.18 Å². The van der Waals surface area contributed by atoms with E-state index in [1.807, 2.05) is 0 Å². The van der Waals surface area contributed by atoms with E-state index in [2.05, 4.69) is 68.7 Å².